The van der Waals surface area contributed by atoms with Crippen molar-refractivity contribution in [3.63, 3.8) is 0 Å². The smallest absolute Gasteiger partial charge is 0.269 e. The molecule has 27 heavy (non-hydrogen) atoms. The first-order valence-corrected chi connectivity index (χ1v) is 10.6. The predicted molar refractivity (Wildman–Crippen MR) is 117 cm³/mol. The SMILES string of the molecule is C=CS/C(=N\C)c1ccc(C)c(-c2ccc(NC(=O)c3snnc3C)s2)c1. The molecule has 0 aliphatic rings. The summed E-state index contributed by atoms with van der Waals surface area (Å²) in [5.74, 6) is -0.177. The molecule has 1 N–H and O–H groups in total. The number of nitrogens with one attached hydrogen (secondary N) is 1. The van der Waals surface area contributed by atoms with E-state index in [0.717, 1.165) is 37.6 Å². The van der Waals surface area contributed by atoms with E-state index in [9.17, 15) is 4.79 Å². The molecule has 2 heterocycles. The fourth-order valence-electron chi connectivity index (χ4n) is 2.51. The fraction of sp³-hybridized carbons (Fsp3) is 0.158. The molecule has 3 rings (SSSR count). The van der Waals surface area contributed by atoms with Gasteiger partial charge < -0.3 is 5.32 Å². The van der Waals surface area contributed by atoms with Gasteiger partial charge in [0, 0.05) is 17.5 Å². The van der Waals surface area contributed by atoms with Gasteiger partial charge in [0.15, 0.2) is 0 Å². The molecule has 0 radical (unpaired) electrons. The molecule has 0 atom stereocenters. The van der Waals surface area contributed by atoms with Crippen molar-refractivity contribution >= 4 is 50.6 Å². The Morgan fingerprint density at radius 2 is 2.11 bits per heavy atom. The van der Waals surface area contributed by atoms with Crippen LogP contribution in [0.5, 0.6) is 0 Å². The van der Waals surface area contributed by atoms with Crippen LogP contribution >= 0.6 is 34.6 Å². The first-order chi connectivity index (χ1) is 13.0. The van der Waals surface area contributed by atoms with Gasteiger partial charge in [0.1, 0.15) is 9.92 Å². The predicted octanol–water partition coefficient (Wildman–Crippen LogP) is 5.39. The average molecular weight is 415 g/mol. The Hall–Kier alpha value is -2.29. The van der Waals surface area contributed by atoms with Crippen LogP contribution in [0.2, 0.25) is 0 Å². The summed E-state index contributed by atoms with van der Waals surface area (Å²) in [5, 5.41) is 10.3. The minimum absolute atomic E-state index is 0.177. The summed E-state index contributed by atoms with van der Waals surface area (Å²) in [6.07, 6.45) is 0. The van der Waals surface area contributed by atoms with Crippen molar-refractivity contribution in [2.75, 3.05) is 12.4 Å². The summed E-state index contributed by atoms with van der Waals surface area (Å²) >= 11 is 4.14. The number of nitrogens with zero attached hydrogens (tertiary/aromatic N) is 3. The third kappa shape index (κ3) is 4.35. The summed E-state index contributed by atoms with van der Waals surface area (Å²) in [6.45, 7) is 7.62. The van der Waals surface area contributed by atoms with Gasteiger partial charge >= 0.3 is 0 Å². The second-order valence-corrected chi connectivity index (χ2v) is 8.44. The highest BCUT2D eigenvalue weighted by Gasteiger charge is 2.15. The minimum Gasteiger partial charge on any atom is -0.313 e. The Bertz CT molecular complexity index is 1020. The van der Waals surface area contributed by atoms with Crippen LogP contribution in [0, 0.1) is 13.8 Å². The molecule has 0 fully saturated rings. The van der Waals surface area contributed by atoms with Crippen LogP contribution in [0.15, 0.2) is 47.3 Å². The molecule has 3 aromatic rings. The number of aliphatic imine (C=N–C) groups is 1. The second kappa shape index (κ2) is 8.60. The van der Waals surface area contributed by atoms with E-state index in [1.54, 1.807) is 19.4 Å². The maximum atomic E-state index is 12.4. The number of hydrogen-bond acceptors (Lipinski definition) is 7. The maximum Gasteiger partial charge on any atom is 0.269 e. The zero-order valence-electron chi connectivity index (χ0n) is 15.1. The van der Waals surface area contributed by atoms with Crippen LogP contribution in [0.4, 0.5) is 5.00 Å². The number of amides is 1. The molecule has 5 nitrogen and oxygen atoms in total. The molecular weight excluding hydrogens is 396 g/mol. The van der Waals surface area contributed by atoms with Crippen molar-refractivity contribution in [3.05, 3.63) is 64.0 Å². The highest BCUT2D eigenvalue weighted by atomic mass is 32.2. The number of carbonyl (C=O) groups excluding carboxylic acids is 1. The van der Waals surface area contributed by atoms with Gasteiger partial charge in [-0.05, 0) is 60.1 Å². The van der Waals surface area contributed by atoms with Crippen molar-refractivity contribution in [1.82, 2.24) is 9.59 Å². The van der Waals surface area contributed by atoms with Gasteiger partial charge in [-0.2, -0.15) is 0 Å². The van der Waals surface area contributed by atoms with E-state index in [4.69, 9.17) is 0 Å². The Labute approximate surface area is 170 Å². The summed E-state index contributed by atoms with van der Waals surface area (Å²) in [6, 6.07) is 10.2. The first kappa shape index (κ1) is 19.5. The van der Waals surface area contributed by atoms with Crippen molar-refractivity contribution in [2.45, 2.75) is 13.8 Å². The zero-order valence-corrected chi connectivity index (χ0v) is 17.6. The number of aryl methyl sites for hydroxylation is 2. The van der Waals surface area contributed by atoms with Crippen molar-refractivity contribution < 1.29 is 4.79 Å². The number of rotatable bonds is 5. The molecule has 1 aromatic carbocycles. The summed E-state index contributed by atoms with van der Waals surface area (Å²) in [5.41, 5.74) is 3.98. The molecule has 1 amide bonds. The van der Waals surface area contributed by atoms with Crippen LogP contribution < -0.4 is 5.32 Å². The molecular formula is C19H18N4OS3. The number of thioether (sulfide) groups is 1. The third-order valence-corrected chi connectivity index (χ3v) is 6.52. The molecule has 8 heteroatoms. The van der Waals surface area contributed by atoms with Gasteiger partial charge in [-0.1, -0.05) is 35.0 Å². The van der Waals surface area contributed by atoms with Crippen LogP contribution in [0.25, 0.3) is 10.4 Å². The zero-order chi connectivity index (χ0) is 19.4. The Morgan fingerprint density at radius 1 is 1.30 bits per heavy atom. The molecule has 138 valence electrons. The highest BCUT2D eigenvalue weighted by molar-refractivity contribution is 8.16. The van der Waals surface area contributed by atoms with Gasteiger partial charge in [-0.25, -0.2) is 0 Å². The van der Waals surface area contributed by atoms with Crippen LogP contribution in [-0.4, -0.2) is 27.6 Å². The largest absolute Gasteiger partial charge is 0.313 e. The number of anilines is 1. The van der Waals surface area contributed by atoms with E-state index in [1.165, 1.54) is 28.7 Å². The third-order valence-electron chi connectivity index (χ3n) is 3.85. The molecule has 0 bridgehead atoms. The minimum atomic E-state index is -0.177. The van der Waals surface area contributed by atoms with E-state index < -0.39 is 0 Å². The van der Waals surface area contributed by atoms with Crippen LogP contribution in [0.3, 0.4) is 0 Å². The second-order valence-electron chi connectivity index (χ2n) is 5.65. The van der Waals surface area contributed by atoms with E-state index in [2.05, 4.69) is 51.6 Å². The highest BCUT2D eigenvalue weighted by Crippen LogP contribution is 2.35. The lowest BCUT2D eigenvalue weighted by Crippen LogP contribution is -2.10. The lowest BCUT2D eigenvalue weighted by molar-refractivity contribution is 0.103. The maximum absolute atomic E-state index is 12.4. The average Bonchev–Trinajstić information content (AvgIpc) is 3.29. The molecule has 2 aromatic heterocycles. The molecule has 0 spiro atoms. The number of benzene rings is 1. The number of hydrogen-bond donors (Lipinski definition) is 1. The monoisotopic (exact) mass is 414 g/mol. The first-order valence-electron chi connectivity index (χ1n) is 8.09. The molecule has 0 saturated carbocycles. The van der Waals surface area contributed by atoms with Crippen molar-refractivity contribution in [1.29, 1.82) is 0 Å². The molecule has 0 unspecified atom stereocenters. The van der Waals surface area contributed by atoms with E-state index in [1.807, 2.05) is 12.1 Å². The standard InChI is InChI=1S/C19H18N4OS3/c1-5-25-19(20-4)13-7-6-11(2)14(10-13)15-8-9-16(26-15)21-18(24)17-12(3)22-23-27-17/h5-10H,1H2,2-4H3,(H,21,24)/b20-19-. The summed E-state index contributed by atoms with van der Waals surface area (Å²) < 4.78 is 3.81. The Kier molecular flexibility index (Phi) is 6.20. The van der Waals surface area contributed by atoms with Gasteiger partial charge in [-0.3, -0.25) is 9.79 Å². The Balaban J connectivity index is 1.87. The van der Waals surface area contributed by atoms with Crippen LogP contribution in [0.1, 0.15) is 26.5 Å². The van der Waals surface area contributed by atoms with Crippen LogP contribution in [-0.2, 0) is 0 Å². The Morgan fingerprint density at radius 3 is 2.78 bits per heavy atom. The molecule has 0 aliphatic carbocycles. The quantitative estimate of drug-likeness (QED) is 0.449. The molecule has 0 aliphatic heterocycles. The normalized spacial score (nSPS) is 11.4. The van der Waals surface area contributed by atoms with Gasteiger partial charge in [-0.15, -0.1) is 16.4 Å². The van der Waals surface area contributed by atoms with E-state index in [-0.39, 0.29) is 5.91 Å². The summed E-state index contributed by atoms with van der Waals surface area (Å²) in [7, 11) is 1.78. The number of thiophene rings is 1. The van der Waals surface area contributed by atoms with Gasteiger partial charge in [0.25, 0.3) is 5.91 Å². The topological polar surface area (TPSA) is 67.2 Å². The lowest BCUT2D eigenvalue weighted by atomic mass is 10.0. The number of carbonyl (C=O) groups is 1. The fourth-order valence-corrected chi connectivity index (χ4v) is 4.57. The van der Waals surface area contributed by atoms with E-state index >= 15 is 0 Å². The van der Waals surface area contributed by atoms with E-state index in [0.29, 0.717) is 10.6 Å². The molecule has 0 saturated heterocycles. The van der Waals surface area contributed by atoms with Gasteiger partial charge in [0.2, 0.25) is 0 Å². The van der Waals surface area contributed by atoms with Crippen molar-refractivity contribution in [2.24, 2.45) is 4.99 Å². The van der Waals surface area contributed by atoms with Gasteiger partial charge in [0.05, 0.1) is 10.7 Å². The summed E-state index contributed by atoms with van der Waals surface area (Å²) in [4.78, 5) is 18.3. The lowest BCUT2D eigenvalue weighted by Gasteiger charge is -2.08. The van der Waals surface area contributed by atoms with Crippen molar-refractivity contribution in [3.8, 4) is 10.4 Å². The number of aromatic nitrogens is 2.